The second-order valence-corrected chi connectivity index (χ2v) is 6.72. The lowest BCUT2D eigenvalue weighted by Crippen LogP contribution is -3.29. The number of nitrogens with one attached hydrogen (secondary N) is 2. The van der Waals surface area contributed by atoms with E-state index < -0.39 is 11.7 Å². The average molecular weight is 314 g/mol. The minimum atomic E-state index is -4.24. The van der Waals surface area contributed by atoms with Crippen LogP contribution >= 0.6 is 0 Å². The Balaban J connectivity index is 1.59. The molecule has 0 radical (unpaired) electrons. The second-order valence-electron chi connectivity index (χ2n) is 6.72. The summed E-state index contributed by atoms with van der Waals surface area (Å²) in [4.78, 5) is 2.98. The SMILES string of the molecule is FC(F)(F)c1ccccc1C[NH+]1CC[NH+](C2CCCC2)CC1. The van der Waals surface area contributed by atoms with Gasteiger partial charge in [0, 0.05) is 5.56 Å². The summed E-state index contributed by atoms with van der Waals surface area (Å²) in [6.45, 7) is 4.67. The van der Waals surface area contributed by atoms with Crippen molar-refractivity contribution in [1.82, 2.24) is 0 Å². The first kappa shape index (κ1) is 15.8. The minimum absolute atomic E-state index is 0.439. The van der Waals surface area contributed by atoms with E-state index in [0.29, 0.717) is 12.1 Å². The standard InChI is InChI=1S/C17H23F3N2/c18-17(19,20)16-8-4-1-5-14(16)13-21-9-11-22(12-10-21)15-6-2-3-7-15/h1,4-5,8,15H,2-3,6-7,9-13H2/p+2. The average Bonchev–Trinajstić information content (AvgIpc) is 3.02. The fourth-order valence-electron chi connectivity index (χ4n) is 4.06. The molecule has 1 aliphatic heterocycles. The highest BCUT2D eigenvalue weighted by molar-refractivity contribution is 5.28. The maximum absolute atomic E-state index is 13.1. The molecule has 5 heteroatoms. The summed E-state index contributed by atoms with van der Waals surface area (Å²) in [7, 11) is 0. The zero-order valence-corrected chi connectivity index (χ0v) is 12.9. The van der Waals surface area contributed by atoms with E-state index in [1.54, 1.807) is 17.0 Å². The van der Waals surface area contributed by atoms with Gasteiger partial charge in [-0.2, -0.15) is 13.2 Å². The summed E-state index contributed by atoms with van der Waals surface area (Å²) < 4.78 is 39.2. The topological polar surface area (TPSA) is 8.88 Å². The molecule has 2 N–H and O–H groups in total. The molecule has 22 heavy (non-hydrogen) atoms. The number of piperazine rings is 1. The van der Waals surface area contributed by atoms with Gasteiger partial charge in [-0.3, -0.25) is 0 Å². The van der Waals surface area contributed by atoms with Gasteiger partial charge in [0.05, 0.1) is 11.6 Å². The molecule has 0 amide bonds. The van der Waals surface area contributed by atoms with Crippen molar-refractivity contribution in [2.45, 2.75) is 44.4 Å². The molecule has 2 aliphatic rings. The molecule has 1 aliphatic carbocycles. The van der Waals surface area contributed by atoms with E-state index in [2.05, 4.69) is 0 Å². The zero-order chi connectivity index (χ0) is 15.6. The van der Waals surface area contributed by atoms with Gasteiger partial charge in [0.25, 0.3) is 0 Å². The van der Waals surface area contributed by atoms with E-state index in [4.69, 9.17) is 0 Å². The third-order valence-corrected chi connectivity index (χ3v) is 5.30. The van der Waals surface area contributed by atoms with Gasteiger partial charge in [-0.1, -0.05) is 18.2 Å². The summed E-state index contributed by atoms with van der Waals surface area (Å²) in [5, 5.41) is 0. The molecule has 1 heterocycles. The Morgan fingerprint density at radius 3 is 2.23 bits per heavy atom. The van der Waals surface area contributed by atoms with Gasteiger partial charge in [-0.05, 0) is 31.7 Å². The molecule has 3 rings (SSSR count). The molecule has 0 atom stereocenters. The molecule has 0 bridgehead atoms. The van der Waals surface area contributed by atoms with Gasteiger partial charge in [0.15, 0.2) is 0 Å². The normalized spacial score (nSPS) is 27.2. The molecule has 1 saturated heterocycles. The molecular formula is C17H25F3N2+2. The molecule has 1 saturated carbocycles. The first-order chi connectivity index (χ1) is 10.5. The Morgan fingerprint density at radius 1 is 0.955 bits per heavy atom. The molecule has 2 nitrogen and oxygen atoms in total. The second kappa shape index (κ2) is 6.59. The van der Waals surface area contributed by atoms with Crippen molar-refractivity contribution in [2.24, 2.45) is 0 Å². The Bertz CT molecular complexity index is 487. The van der Waals surface area contributed by atoms with E-state index in [0.717, 1.165) is 32.2 Å². The van der Waals surface area contributed by atoms with Crippen LogP contribution in [0, 0.1) is 0 Å². The van der Waals surface area contributed by atoms with Gasteiger partial charge < -0.3 is 9.80 Å². The number of halogens is 3. The summed E-state index contributed by atoms with van der Waals surface area (Å²) in [5.41, 5.74) is -0.0256. The fraction of sp³-hybridized carbons (Fsp3) is 0.647. The highest BCUT2D eigenvalue weighted by Gasteiger charge is 2.35. The monoisotopic (exact) mass is 314 g/mol. The number of benzene rings is 1. The van der Waals surface area contributed by atoms with Crippen LogP contribution in [0.5, 0.6) is 0 Å². The predicted octanol–water partition coefficient (Wildman–Crippen LogP) is 0.931. The van der Waals surface area contributed by atoms with E-state index in [-0.39, 0.29) is 0 Å². The van der Waals surface area contributed by atoms with Gasteiger partial charge in [-0.25, -0.2) is 0 Å². The highest BCUT2D eigenvalue weighted by atomic mass is 19.4. The van der Waals surface area contributed by atoms with Crippen LogP contribution in [0.4, 0.5) is 13.2 Å². The lowest BCUT2D eigenvalue weighted by atomic mass is 10.1. The molecule has 1 aromatic rings. The Kier molecular flexibility index (Phi) is 4.73. The van der Waals surface area contributed by atoms with Crippen molar-refractivity contribution in [2.75, 3.05) is 26.2 Å². The van der Waals surface area contributed by atoms with Crippen LogP contribution in [-0.2, 0) is 12.7 Å². The van der Waals surface area contributed by atoms with Crippen LogP contribution in [0.15, 0.2) is 24.3 Å². The summed E-state index contributed by atoms with van der Waals surface area (Å²) >= 11 is 0. The Morgan fingerprint density at radius 2 is 1.59 bits per heavy atom. The van der Waals surface area contributed by atoms with E-state index in [9.17, 15) is 13.2 Å². The van der Waals surface area contributed by atoms with Gasteiger partial charge in [-0.15, -0.1) is 0 Å². The van der Waals surface area contributed by atoms with E-state index in [1.165, 1.54) is 42.7 Å². The number of hydrogen-bond donors (Lipinski definition) is 2. The van der Waals surface area contributed by atoms with Gasteiger partial charge >= 0.3 is 6.18 Å². The van der Waals surface area contributed by atoms with Crippen molar-refractivity contribution >= 4 is 0 Å². The molecule has 1 aromatic carbocycles. The van der Waals surface area contributed by atoms with Crippen molar-refractivity contribution in [3.05, 3.63) is 35.4 Å². The Labute approximate surface area is 129 Å². The van der Waals surface area contributed by atoms with E-state index in [1.807, 2.05) is 0 Å². The van der Waals surface area contributed by atoms with Crippen LogP contribution in [-0.4, -0.2) is 32.2 Å². The van der Waals surface area contributed by atoms with Crippen LogP contribution in [0.3, 0.4) is 0 Å². The molecule has 0 spiro atoms. The largest absolute Gasteiger partial charge is 0.416 e. The summed E-state index contributed by atoms with van der Waals surface area (Å²) in [6, 6.07) is 6.83. The molecule has 122 valence electrons. The molecule has 0 aromatic heterocycles. The third-order valence-electron chi connectivity index (χ3n) is 5.30. The number of rotatable bonds is 3. The van der Waals surface area contributed by atoms with Gasteiger partial charge in [0.2, 0.25) is 0 Å². The Hall–Kier alpha value is -1.07. The number of quaternary nitrogens is 2. The highest BCUT2D eigenvalue weighted by Crippen LogP contribution is 2.31. The maximum atomic E-state index is 13.1. The van der Waals surface area contributed by atoms with Crippen LogP contribution in [0.1, 0.15) is 36.8 Å². The first-order valence-electron chi connectivity index (χ1n) is 8.37. The van der Waals surface area contributed by atoms with Crippen molar-refractivity contribution < 1.29 is 23.0 Å². The van der Waals surface area contributed by atoms with Crippen molar-refractivity contribution in [1.29, 1.82) is 0 Å². The summed E-state index contributed by atoms with van der Waals surface area (Å²) in [6.07, 6.45) is 1.13. The first-order valence-corrected chi connectivity index (χ1v) is 8.37. The van der Waals surface area contributed by atoms with Crippen LogP contribution < -0.4 is 9.80 Å². The van der Waals surface area contributed by atoms with Gasteiger partial charge in [0.1, 0.15) is 32.7 Å². The quantitative estimate of drug-likeness (QED) is 0.821. The lowest BCUT2D eigenvalue weighted by molar-refractivity contribution is -1.03. The molecular weight excluding hydrogens is 289 g/mol. The number of hydrogen-bond acceptors (Lipinski definition) is 0. The maximum Gasteiger partial charge on any atom is 0.416 e. The van der Waals surface area contributed by atoms with Crippen molar-refractivity contribution in [3.63, 3.8) is 0 Å². The minimum Gasteiger partial charge on any atom is -0.323 e. The smallest absolute Gasteiger partial charge is 0.323 e. The molecule has 0 unspecified atom stereocenters. The molecule has 2 fully saturated rings. The third kappa shape index (κ3) is 3.63. The van der Waals surface area contributed by atoms with E-state index >= 15 is 0 Å². The lowest BCUT2D eigenvalue weighted by Gasteiger charge is -2.33. The zero-order valence-electron chi connectivity index (χ0n) is 12.9. The van der Waals surface area contributed by atoms with Crippen LogP contribution in [0.25, 0.3) is 0 Å². The predicted molar refractivity (Wildman–Crippen MR) is 78.8 cm³/mol. The summed E-state index contributed by atoms with van der Waals surface area (Å²) in [5.74, 6) is 0. The van der Waals surface area contributed by atoms with Crippen molar-refractivity contribution in [3.8, 4) is 0 Å². The van der Waals surface area contributed by atoms with Crippen LogP contribution in [0.2, 0.25) is 0 Å². The number of alkyl halides is 3. The fourth-order valence-corrected chi connectivity index (χ4v) is 4.06.